The van der Waals surface area contributed by atoms with Crippen LogP contribution < -0.4 is 11.1 Å². The van der Waals surface area contributed by atoms with Gasteiger partial charge in [0.1, 0.15) is 0 Å². The topological polar surface area (TPSA) is 64.3 Å². The highest BCUT2D eigenvalue weighted by molar-refractivity contribution is 6.34. The van der Waals surface area contributed by atoms with E-state index in [-0.39, 0.29) is 12.0 Å². The number of nitrogens with one attached hydrogen (secondary N) is 1. The van der Waals surface area contributed by atoms with Gasteiger partial charge in [-0.15, -0.1) is 0 Å². The van der Waals surface area contributed by atoms with Gasteiger partial charge in [0.05, 0.1) is 16.7 Å². The molecule has 1 saturated heterocycles. The first-order valence-electron chi connectivity index (χ1n) is 6.57. The van der Waals surface area contributed by atoms with Crippen molar-refractivity contribution >= 4 is 23.2 Å². The van der Waals surface area contributed by atoms with Crippen molar-refractivity contribution < 1.29 is 9.53 Å². The van der Waals surface area contributed by atoms with Crippen LogP contribution >= 0.6 is 11.6 Å². The van der Waals surface area contributed by atoms with Gasteiger partial charge in [-0.1, -0.05) is 24.6 Å². The lowest BCUT2D eigenvalue weighted by atomic mass is 9.99. The first-order chi connectivity index (χ1) is 9.13. The van der Waals surface area contributed by atoms with Gasteiger partial charge in [-0.05, 0) is 25.0 Å². The molecule has 0 bridgehead atoms. The Hall–Kier alpha value is -1.26. The fourth-order valence-corrected chi connectivity index (χ4v) is 2.74. The molecule has 1 aromatic carbocycles. The zero-order valence-electron chi connectivity index (χ0n) is 11.0. The number of ether oxygens (including phenoxy) is 1. The van der Waals surface area contributed by atoms with E-state index in [1.807, 2.05) is 0 Å². The van der Waals surface area contributed by atoms with Gasteiger partial charge in [0.25, 0.3) is 5.91 Å². The van der Waals surface area contributed by atoms with E-state index in [2.05, 4.69) is 12.2 Å². The average molecular weight is 283 g/mol. The molecule has 1 amide bonds. The van der Waals surface area contributed by atoms with E-state index in [0.29, 0.717) is 28.7 Å². The number of rotatable bonds is 4. The average Bonchev–Trinajstić information content (AvgIpc) is 2.83. The van der Waals surface area contributed by atoms with Crippen LogP contribution in [0.2, 0.25) is 5.02 Å². The molecule has 5 heteroatoms. The van der Waals surface area contributed by atoms with Gasteiger partial charge < -0.3 is 15.8 Å². The highest BCUT2D eigenvalue weighted by Crippen LogP contribution is 2.24. The molecule has 2 rings (SSSR count). The molecule has 3 N–H and O–H groups in total. The predicted octanol–water partition coefficient (Wildman–Crippen LogP) is 2.47. The quantitative estimate of drug-likeness (QED) is 0.834. The van der Waals surface area contributed by atoms with Crippen LogP contribution in [0.25, 0.3) is 0 Å². The summed E-state index contributed by atoms with van der Waals surface area (Å²) in [6, 6.07) is 5.07. The summed E-state index contributed by atoms with van der Waals surface area (Å²) < 4.78 is 5.60. The molecule has 1 fully saturated rings. The van der Waals surface area contributed by atoms with E-state index in [9.17, 15) is 4.79 Å². The molecular weight excluding hydrogens is 264 g/mol. The summed E-state index contributed by atoms with van der Waals surface area (Å²) in [5.41, 5.74) is 6.55. The van der Waals surface area contributed by atoms with Gasteiger partial charge in [-0.25, -0.2) is 0 Å². The lowest BCUT2D eigenvalue weighted by molar-refractivity contribution is 0.0827. The molecule has 104 valence electrons. The van der Waals surface area contributed by atoms with Crippen LogP contribution in [0.1, 0.15) is 30.1 Å². The van der Waals surface area contributed by atoms with Crippen LogP contribution in [-0.4, -0.2) is 25.2 Å². The summed E-state index contributed by atoms with van der Waals surface area (Å²) in [7, 11) is 0. The second-order valence-corrected chi connectivity index (χ2v) is 5.19. The van der Waals surface area contributed by atoms with Crippen LogP contribution in [0.5, 0.6) is 0 Å². The summed E-state index contributed by atoms with van der Waals surface area (Å²) in [5, 5.41) is 3.29. The molecule has 0 aromatic heterocycles. The van der Waals surface area contributed by atoms with Crippen molar-refractivity contribution in [3.8, 4) is 0 Å². The Bertz CT molecular complexity index is 445. The van der Waals surface area contributed by atoms with E-state index < -0.39 is 0 Å². The summed E-state index contributed by atoms with van der Waals surface area (Å²) in [4.78, 5) is 12.1. The van der Waals surface area contributed by atoms with Crippen LogP contribution in [0.15, 0.2) is 18.2 Å². The molecule has 1 aliphatic heterocycles. The molecule has 1 heterocycles. The fraction of sp³-hybridized carbons (Fsp3) is 0.500. The van der Waals surface area contributed by atoms with Gasteiger partial charge in [0, 0.05) is 24.8 Å². The molecule has 0 saturated carbocycles. The molecule has 1 aliphatic rings. The molecular formula is C14H19ClN2O2. The SMILES string of the molecule is CCC1OCCC1CNC(=O)c1c(N)cccc1Cl. The summed E-state index contributed by atoms with van der Waals surface area (Å²) in [6.07, 6.45) is 2.19. The van der Waals surface area contributed by atoms with Crippen molar-refractivity contribution in [1.82, 2.24) is 5.32 Å². The fourth-order valence-electron chi connectivity index (χ4n) is 2.47. The highest BCUT2D eigenvalue weighted by Gasteiger charge is 2.27. The zero-order chi connectivity index (χ0) is 13.8. The number of halogens is 1. The van der Waals surface area contributed by atoms with Crippen molar-refractivity contribution in [3.63, 3.8) is 0 Å². The second kappa shape index (κ2) is 6.26. The third-order valence-electron chi connectivity index (χ3n) is 3.55. The largest absolute Gasteiger partial charge is 0.398 e. The number of hydrogen-bond donors (Lipinski definition) is 2. The van der Waals surface area contributed by atoms with E-state index in [1.165, 1.54) is 0 Å². The number of carbonyl (C=O) groups excluding carboxylic acids is 1. The number of nitrogen functional groups attached to an aromatic ring is 1. The Labute approximate surface area is 118 Å². The van der Waals surface area contributed by atoms with Crippen LogP contribution in [0, 0.1) is 5.92 Å². The van der Waals surface area contributed by atoms with Gasteiger partial charge in [-0.2, -0.15) is 0 Å². The molecule has 0 radical (unpaired) electrons. The van der Waals surface area contributed by atoms with Crippen LogP contribution in [0.4, 0.5) is 5.69 Å². The first-order valence-corrected chi connectivity index (χ1v) is 6.95. The van der Waals surface area contributed by atoms with Gasteiger partial charge >= 0.3 is 0 Å². The van der Waals surface area contributed by atoms with Crippen molar-refractivity contribution in [3.05, 3.63) is 28.8 Å². The minimum Gasteiger partial charge on any atom is -0.398 e. The normalized spacial score (nSPS) is 22.4. The Morgan fingerprint density at radius 1 is 1.58 bits per heavy atom. The maximum absolute atomic E-state index is 12.1. The Kier molecular flexibility index (Phi) is 4.66. The molecule has 4 nitrogen and oxygen atoms in total. The van der Waals surface area contributed by atoms with Gasteiger partial charge in [0.15, 0.2) is 0 Å². The monoisotopic (exact) mass is 282 g/mol. The van der Waals surface area contributed by atoms with E-state index in [1.54, 1.807) is 18.2 Å². The maximum Gasteiger partial charge on any atom is 0.254 e. The van der Waals surface area contributed by atoms with E-state index >= 15 is 0 Å². The standard InChI is InChI=1S/C14H19ClN2O2/c1-2-12-9(6-7-19-12)8-17-14(18)13-10(15)4-3-5-11(13)16/h3-5,9,12H,2,6-8,16H2,1H3,(H,17,18). The summed E-state index contributed by atoms with van der Waals surface area (Å²) in [6.45, 7) is 3.46. The van der Waals surface area contributed by atoms with E-state index in [0.717, 1.165) is 19.4 Å². The Morgan fingerprint density at radius 3 is 3.05 bits per heavy atom. The van der Waals surface area contributed by atoms with Crippen molar-refractivity contribution in [2.24, 2.45) is 5.92 Å². The molecule has 0 spiro atoms. The molecule has 1 aromatic rings. The minimum absolute atomic E-state index is 0.218. The molecule has 2 atom stereocenters. The third kappa shape index (κ3) is 3.19. The number of anilines is 1. The van der Waals surface area contributed by atoms with Crippen molar-refractivity contribution in [1.29, 1.82) is 0 Å². The predicted molar refractivity (Wildman–Crippen MR) is 76.3 cm³/mol. The number of carbonyl (C=O) groups is 1. The smallest absolute Gasteiger partial charge is 0.254 e. The van der Waals surface area contributed by atoms with Crippen LogP contribution in [-0.2, 0) is 4.74 Å². The summed E-state index contributed by atoms with van der Waals surface area (Å²) >= 11 is 6.01. The Morgan fingerprint density at radius 2 is 2.37 bits per heavy atom. The zero-order valence-corrected chi connectivity index (χ0v) is 11.7. The lowest BCUT2D eigenvalue weighted by Crippen LogP contribution is -2.33. The first kappa shape index (κ1) is 14.2. The van der Waals surface area contributed by atoms with E-state index in [4.69, 9.17) is 22.1 Å². The second-order valence-electron chi connectivity index (χ2n) is 4.78. The number of nitrogens with two attached hydrogens (primary N) is 1. The van der Waals surface area contributed by atoms with Crippen molar-refractivity contribution in [2.45, 2.75) is 25.9 Å². The number of hydrogen-bond acceptors (Lipinski definition) is 3. The summed E-state index contributed by atoms with van der Waals surface area (Å²) in [5.74, 6) is 0.155. The number of benzene rings is 1. The van der Waals surface area contributed by atoms with Gasteiger partial charge in [-0.3, -0.25) is 4.79 Å². The third-order valence-corrected chi connectivity index (χ3v) is 3.86. The van der Waals surface area contributed by atoms with Crippen LogP contribution in [0.3, 0.4) is 0 Å². The Balaban J connectivity index is 1.98. The van der Waals surface area contributed by atoms with Gasteiger partial charge in [0.2, 0.25) is 0 Å². The molecule has 2 unspecified atom stereocenters. The number of amides is 1. The van der Waals surface area contributed by atoms with Crippen molar-refractivity contribution in [2.75, 3.05) is 18.9 Å². The maximum atomic E-state index is 12.1. The minimum atomic E-state index is -0.218. The highest BCUT2D eigenvalue weighted by atomic mass is 35.5. The molecule has 19 heavy (non-hydrogen) atoms. The lowest BCUT2D eigenvalue weighted by Gasteiger charge is -2.17. The molecule has 0 aliphatic carbocycles.